The first-order valence-electron chi connectivity index (χ1n) is 3.46. The summed E-state index contributed by atoms with van der Waals surface area (Å²) in [7, 11) is 0. The van der Waals surface area contributed by atoms with Crippen LogP contribution in [0.25, 0.3) is 0 Å². The van der Waals surface area contributed by atoms with Crippen molar-refractivity contribution in [2.24, 2.45) is 5.92 Å². The van der Waals surface area contributed by atoms with Crippen LogP contribution < -0.4 is 5.32 Å². The van der Waals surface area contributed by atoms with E-state index in [1.54, 1.807) is 0 Å². The van der Waals surface area contributed by atoms with E-state index in [1.807, 2.05) is 0 Å². The molecule has 1 heterocycles. The van der Waals surface area contributed by atoms with Crippen LogP contribution in [0.2, 0.25) is 0 Å². The van der Waals surface area contributed by atoms with E-state index in [0.29, 0.717) is 13.0 Å². The van der Waals surface area contributed by atoms with E-state index in [2.05, 4.69) is 21.2 Å². The highest BCUT2D eigenvalue weighted by molar-refractivity contribution is 9.09. The van der Waals surface area contributed by atoms with Crippen molar-refractivity contribution in [3.8, 4) is 0 Å². The summed E-state index contributed by atoms with van der Waals surface area (Å²) in [6.07, 6.45) is -3.24. The molecular formula is C6H9BrF3N. The summed E-state index contributed by atoms with van der Waals surface area (Å²) in [6, 6.07) is 0. The van der Waals surface area contributed by atoms with Crippen molar-refractivity contribution in [1.82, 2.24) is 5.32 Å². The Bertz CT molecular complexity index is 136. The highest BCUT2D eigenvalue weighted by Crippen LogP contribution is 2.36. The van der Waals surface area contributed by atoms with Crippen LogP contribution in [0.3, 0.4) is 0 Å². The summed E-state index contributed by atoms with van der Waals surface area (Å²) in [5.41, 5.74) is 0. The Labute approximate surface area is 71.5 Å². The van der Waals surface area contributed by atoms with E-state index in [9.17, 15) is 13.2 Å². The maximum absolute atomic E-state index is 12.1. The topological polar surface area (TPSA) is 12.0 Å². The first kappa shape index (κ1) is 9.32. The predicted octanol–water partition coefficient (Wildman–Crippen LogP) is 2.27. The third-order valence-electron chi connectivity index (χ3n) is 1.80. The van der Waals surface area contributed by atoms with Gasteiger partial charge < -0.3 is 5.32 Å². The molecule has 0 spiro atoms. The molecule has 0 bridgehead atoms. The van der Waals surface area contributed by atoms with E-state index in [1.165, 1.54) is 0 Å². The van der Waals surface area contributed by atoms with Crippen LogP contribution in [0.1, 0.15) is 12.8 Å². The van der Waals surface area contributed by atoms with Gasteiger partial charge in [0.25, 0.3) is 0 Å². The molecule has 0 amide bonds. The maximum Gasteiger partial charge on any atom is 0.394 e. The van der Waals surface area contributed by atoms with Gasteiger partial charge in [0, 0.05) is 0 Å². The fourth-order valence-electron chi connectivity index (χ4n) is 1.18. The molecule has 1 rings (SSSR count). The lowest BCUT2D eigenvalue weighted by Crippen LogP contribution is -2.43. The third kappa shape index (κ3) is 2.33. The number of nitrogens with one attached hydrogen (secondary N) is 1. The first-order chi connectivity index (χ1) is 5.02. The summed E-state index contributed by atoms with van der Waals surface area (Å²) < 4.78 is 36.4. The summed E-state index contributed by atoms with van der Waals surface area (Å²) in [5, 5.41) is 2.74. The Morgan fingerprint density at radius 3 is 2.36 bits per heavy atom. The Morgan fingerprint density at radius 2 is 2.00 bits per heavy atom. The average molecular weight is 232 g/mol. The predicted molar refractivity (Wildman–Crippen MR) is 39.5 cm³/mol. The van der Waals surface area contributed by atoms with E-state index in [-0.39, 0.29) is 6.42 Å². The van der Waals surface area contributed by atoms with Crippen molar-refractivity contribution < 1.29 is 13.2 Å². The zero-order chi connectivity index (χ0) is 8.48. The molecule has 0 radical (unpaired) electrons. The molecule has 2 unspecified atom stereocenters. The standard InChI is InChI=1S/C6H9BrF3N/c7-5-4(6(8,9)10)2-1-3-11-5/h4-5,11H,1-3H2. The van der Waals surface area contributed by atoms with Gasteiger partial charge in [-0.25, -0.2) is 0 Å². The van der Waals surface area contributed by atoms with Crippen molar-refractivity contribution in [1.29, 1.82) is 0 Å². The van der Waals surface area contributed by atoms with E-state index in [4.69, 9.17) is 0 Å². The molecule has 66 valence electrons. The minimum atomic E-state index is -4.07. The fraction of sp³-hybridized carbons (Fsp3) is 1.00. The molecular weight excluding hydrogens is 223 g/mol. The molecule has 0 aromatic carbocycles. The monoisotopic (exact) mass is 231 g/mol. The number of piperidine rings is 1. The molecule has 1 aliphatic rings. The quantitative estimate of drug-likeness (QED) is 0.499. The molecule has 1 fully saturated rings. The van der Waals surface area contributed by atoms with Crippen molar-refractivity contribution in [3.63, 3.8) is 0 Å². The molecule has 1 nitrogen and oxygen atoms in total. The van der Waals surface area contributed by atoms with Crippen molar-refractivity contribution in [2.45, 2.75) is 24.0 Å². The normalized spacial score (nSPS) is 33.8. The zero-order valence-corrected chi connectivity index (χ0v) is 7.37. The van der Waals surface area contributed by atoms with Gasteiger partial charge in [0.05, 0.1) is 10.9 Å². The van der Waals surface area contributed by atoms with Gasteiger partial charge in [-0.15, -0.1) is 0 Å². The fourth-order valence-corrected chi connectivity index (χ4v) is 1.97. The van der Waals surface area contributed by atoms with Crippen LogP contribution in [0.5, 0.6) is 0 Å². The largest absolute Gasteiger partial charge is 0.394 e. The second-order valence-electron chi connectivity index (χ2n) is 2.65. The lowest BCUT2D eigenvalue weighted by atomic mass is 9.99. The van der Waals surface area contributed by atoms with E-state index >= 15 is 0 Å². The van der Waals surface area contributed by atoms with Gasteiger partial charge in [-0.05, 0) is 19.4 Å². The Hall–Kier alpha value is 0.230. The van der Waals surface area contributed by atoms with Crippen LogP contribution in [0, 0.1) is 5.92 Å². The number of halogens is 4. The van der Waals surface area contributed by atoms with Gasteiger partial charge in [0.2, 0.25) is 0 Å². The smallest absolute Gasteiger partial charge is 0.304 e. The Balaban J connectivity index is 2.55. The minimum Gasteiger partial charge on any atom is -0.304 e. The van der Waals surface area contributed by atoms with Crippen LogP contribution in [-0.2, 0) is 0 Å². The summed E-state index contributed by atoms with van der Waals surface area (Å²) in [4.78, 5) is -0.601. The highest BCUT2D eigenvalue weighted by Gasteiger charge is 2.44. The van der Waals surface area contributed by atoms with Crippen LogP contribution in [0.4, 0.5) is 13.2 Å². The molecule has 2 atom stereocenters. The molecule has 5 heteroatoms. The molecule has 0 aromatic heterocycles. The molecule has 0 aliphatic carbocycles. The zero-order valence-electron chi connectivity index (χ0n) is 5.79. The number of alkyl halides is 4. The third-order valence-corrected chi connectivity index (χ3v) is 2.77. The SMILES string of the molecule is FC(F)(F)C1CCCNC1Br. The van der Waals surface area contributed by atoms with Gasteiger partial charge in [-0.1, -0.05) is 15.9 Å². The van der Waals surface area contributed by atoms with Gasteiger partial charge in [-0.2, -0.15) is 13.2 Å². The first-order valence-corrected chi connectivity index (χ1v) is 4.37. The van der Waals surface area contributed by atoms with Crippen LogP contribution >= 0.6 is 15.9 Å². The molecule has 11 heavy (non-hydrogen) atoms. The van der Waals surface area contributed by atoms with Crippen LogP contribution in [-0.4, -0.2) is 17.7 Å². The number of hydrogen-bond acceptors (Lipinski definition) is 1. The lowest BCUT2D eigenvalue weighted by Gasteiger charge is -2.29. The highest BCUT2D eigenvalue weighted by atomic mass is 79.9. The summed E-state index contributed by atoms with van der Waals surface area (Å²) in [6.45, 7) is 0.669. The summed E-state index contributed by atoms with van der Waals surface area (Å²) >= 11 is 2.96. The van der Waals surface area contributed by atoms with Crippen molar-refractivity contribution >= 4 is 15.9 Å². The van der Waals surface area contributed by atoms with Gasteiger partial charge in [-0.3, -0.25) is 0 Å². The van der Waals surface area contributed by atoms with Crippen LogP contribution in [0.15, 0.2) is 0 Å². The number of hydrogen-bond donors (Lipinski definition) is 1. The molecule has 1 saturated heterocycles. The van der Waals surface area contributed by atoms with Crippen molar-refractivity contribution in [3.05, 3.63) is 0 Å². The molecule has 1 aliphatic heterocycles. The lowest BCUT2D eigenvalue weighted by molar-refractivity contribution is -0.180. The summed E-state index contributed by atoms with van der Waals surface area (Å²) in [5.74, 6) is -1.23. The average Bonchev–Trinajstić information content (AvgIpc) is 1.86. The van der Waals surface area contributed by atoms with Gasteiger partial charge in [0.1, 0.15) is 0 Å². The molecule has 1 N–H and O–H groups in total. The number of rotatable bonds is 0. The maximum atomic E-state index is 12.1. The van der Waals surface area contributed by atoms with Gasteiger partial charge >= 0.3 is 6.18 Å². The van der Waals surface area contributed by atoms with E-state index < -0.39 is 17.0 Å². The second kappa shape index (κ2) is 3.31. The minimum absolute atomic E-state index is 0.229. The Kier molecular flexibility index (Phi) is 2.80. The van der Waals surface area contributed by atoms with Gasteiger partial charge in [0.15, 0.2) is 0 Å². The Morgan fingerprint density at radius 1 is 1.36 bits per heavy atom. The van der Waals surface area contributed by atoms with E-state index in [0.717, 1.165) is 0 Å². The molecule has 0 saturated carbocycles. The molecule has 0 aromatic rings. The second-order valence-corrected chi connectivity index (χ2v) is 3.63. The van der Waals surface area contributed by atoms with Crippen molar-refractivity contribution in [2.75, 3.05) is 6.54 Å².